The molecular formula is C36H36Ti. The van der Waals surface area contributed by atoms with Crippen LogP contribution in [0.25, 0.3) is 24.3 Å². The predicted molar refractivity (Wildman–Crippen MR) is 164 cm³/mol. The molecule has 0 unspecified atom stereocenters. The molecule has 0 aliphatic carbocycles. The summed E-state index contributed by atoms with van der Waals surface area (Å²) in [5.41, 5.74) is 8.73. The SMILES string of the molecule is C=Cc1ccc([CH2-])cc1.C=Cc1ccc([CH2-])cc1.C=Cc1ccc([CH2-])cc1.C=Cc1ccc([CH2-])cc1.[Ti+4]. The predicted octanol–water partition coefficient (Wildman–Crippen LogP) is 10.0. The van der Waals surface area contributed by atoms with Crippen LogP contribution in [-0.2, 0) is 21.7 Å². The van der Waals surface area contributed by atoms with E-state index in [0.29, 0.717) is 0 Å². The Balaban J connectivity index is 0.000000463. The zero-order valence-electron chi connectivity index (χ0n) is 21.7. The van der Waals surface area contributed by atoms with Crippen molar-refractivity contribution in [2.75, 3.05) is 0 Å². The van der Waals surface area contributed by atoms with E-state index in [-0.39, 0.29) is 21.7 Å². The summed E-state index contributed by atoms with van der Waals surface area (Å²) in [5.74, 6) is 0. The molecule has 0 saturated heterocycles. The molecule has 0 amide bonds. The number of hydrogen-bond acceptors (Lipinski definition) is 0. The summed E-state index contributed by atoms with van der Waals surface area (Å²) in [6.07, 6.45) is 7.28. The molecule has 0 aliphatic heterocycles. The summed E-state index contributed by atoms with van der Waals surface area (Å²) in [6.45, 7) is 29.6. The molecule has 0 nitrogen and oxygen atoms in total. The first-order valence-corrected chi connectivity index (χ1v) is 11.5. The normalized spacial score (nSPS) is 8.65. The first-order chi connectivity index (χ1) is 17.3. The minimum absolute atomic E-state index is 0. The van der Waals surface area contributed by atoms with Gasteiger partial charge in [-0.1, -0.05) is 72.9 Å². The Hall–Kier alpha value is -3.97. The molecule has 4 rings (SSSR count). The molecule has 4 aromatic carbocycles. The summed E-state index contributed by atoms with van der Waals surface area (Å²) >= 11 is 0. The molecule has 0 aromatic heterocycles. The van der Waals surface area contributed by atoms with Gasteiger partial charge in [0.2, 0.25) is 0 Å². The van der Waals surface area contributed by atoms with Crippen LogP contribution in [0.4, 0.5) is 0 Å². The third-order valence-corrected chi connectivity index (χ3v) is 4.86. The summed E-state index contributed by atoms with van der Waals surface area (Å²) in [7, 11) is 0. The Morgan fingerprint density at radius 1 is 0.324 bits per heavy atom. The van der Waals surface area contributed by atoms with Crippen molar-refractivity contribution >= 4 is 24.3 Å². The summed E-state index contributed by atoms with van der Waals surface area (Å²) in [4.78, 5) is 0. The Kier molecular flexibility index (Phi) is 17.2. The fraction of sp³-hybridized carbons (Fsp3) is 0. The van der Waals surface area contributed by atoms with Crippen molar-refractivity contribution in [1.82, 2.24) is 0 Å². The van der Waals surface area contributed by atoms with Crippen LogP contribution >= 0.6 is 0 Å². The van der Waals surface area contributed by atoms with Crippen molar-refractivity contribution in [3.05, 3.63) is 196 Å². The summed E-state index contributed by atoms with van der Waals surface area (Å²) in [6, 6.07) is 31.7. The van der Waals surface area contributed by atoms with Crippen molar-refractivity contribution in [3.8, 4) is 0 Å². The largest absolute Gasteiger partial charge is 4.00 e. The molecule has 0 atom stereocenters. The fourth-order valence-corrected chi connectivity index (χ4v) is 2.61. The van der Waals surface area contributed by atoms with Gasteiger partial charge >= 0.3 is 21.7 Å². The Morgan fingerprint density at radius 3 is 0.568 bits per heavy atom. The molecule has 4 aromatic rings. The minimum atomic E-state index is 0. The maximum atomic E-state index is 3.76. The summed E-state index contributed by atoms with van der Waals surface area (Å²) < 4.78 is 0. The van der Waals surface area contributed by atoms with Crippen LogP contribution in [0.15, 0.2) is 123 Å². The van der Waals surface area contributed by atoms with E-state index in [1.807, 2.05) is 121 Å². The zero-order valence-corrected chi connectivity index (χ0v) is 23.3. The van der Waals surface area contributed by atoms with E-state index in [1.165, 1.54) is 0 Å². The van der Waals surface area contributed by atoms with E-state index in [0.717, 1.165) is 44.5 Å². The zero-order chi connectivity index (χ0) is 26.8. The topological polar surface area (TPSA) is 0 Å². The van der Waals surface area contributed by atoms with Gasteiger partial charge < -0.3 is 0 Å². The van der Waals surface area contributed by atoms with Crippen LogP contribution in [0.5, 0.6) is 0 Å². The minimum Gasteiger partial charge on any atom is -0.199 e. The first-order valence-electron chi connectivity index (χ1n) is 11.5. The van der Waals surface area contributed by atoms with Crippen LogP contribution in [0, 0.1) is 27.7 Å². The smallest absolute Gasteiger partial charge is 0.199 e. The van der Waals surface area contributed by atoms with E-state index in [4.69, 9.17) is 0 Å². The second-order valence-corrected chi connectivity index (χ2v) is 7.78. The van der Waals surface area contributed by atoms with Gasteiger partial charge in [0.15, 0.2) is 0 Å². The monoisotopic (exact) mass is 516 g/mol. The first kappa shape index (κ1) is 33.0. The van der Waals surface area contributed by atoms with Crippen LogP contribution < -0.4 is 0 Å². The van der Waals surface area contributed by atoms with Gasteiger partial charge in [-0.2, -0.15) is 98.5 Å². The van der Waals surface area contributed by atoms with E-state index in [1.54, 1.807) is 0 Å². The second kappa shape index (κ2) is 19.3. The van der Waals surface area contributed by atoms with E-state index in [2.05, 4.69) is 54.0 Å². The third-order valence-electron chi connectivity index (χ3n) is 4.86. The fourth-order valence-electron chi connectivity index (χ4n) is 2.61. The quantitative estimate of drug-likeness (QED) is 0.187. The van der Waals surface area contributed by atoms with Crippen molar-refractivity contribution in [2.45, 2.75) is 0 Å². The van der Waals surface area contributed by atoms with Crippen molar-refractivity contribution < 1.29 is 21.7 Å². The van der Waals surface area contributed by atoms with Gasteiger partial charge in [0.1, 0.15) is 0 Å². The van der Waals surface area contributed by atoms with Crippen molar-refractivity contribution in [3.63, 3.8) is 0 Å². The average Bonchev–Trinajstić information content (AvgIpc) is 2.92. The number of rotatable bonds is 4. The van der Waals surface area contributed by atoms with Gasteiger partial charge in [-0.15, -0.1) is 48.5 Å². The van der Waals surface area contributed by atoms with Crippen LogP contribution in [0.3, 0.4) is 0 Å². The van der Waals surface area contributed by atoms with E-state index in [9.17, 15) is 0 Å². The molecule has 0 bridgehead atoms. The van der Waals surface area contributed by atoms with Gasteiger partial charge in [-0.25, -0.2) is 0 Å². The van der Waals surface area contributed by atoms with Crippen molar-refractivity contribution in [1.29, 1.82) is 0 Å². The molecule has 184 valence electrons. The maximum absolute atomic E-state index is 3.76. The Labute approximate surface area is 240 Å². The number of benzene rings is 4. The third kappa shape index (κ3) is 14.9. The Bertz CT molecular complexity index is 980. The molecule has 0 N–H and O–H groups in total. The van der Waals surface area contributed by atoms with Crippen LogP contribution in [0.1, 0.15) is 44.5 Å². The molecule has 0 radical (unpaired) electrons. The van der Waals surface area contributed by atoms with Crippen LogP contribution in [0.2, 0.25) is 0 Å². The molecule has 0 spiro atoms. The maximum Gasteiger partial charge on any atom is 4.00 e. The van der Waals surface area contributed by atoms with Gasteiger partial charge in [-0.3, -0.25) is 0 Å². The standard InChI is InChI=1S/4C9H9.Ti/c4*1-3-9-6-4-8(2)5-7-9;/h4*3-7H,1-2H2;/q4*-1;+4. The molecule has 0 aliphatic rings. The molecular weight excluding hydrogens is 480 g/mol. The van der Waals surface area contributed by atoms with E-state index < -0.39 is 0 Å². The van der Waals surface area contributed by atoms with Crippen molar-refractivity contribution in [2.24, 2.45) is 0 Å². The van der Waals surface area contributed by atoms with Gasteiger partial charge in [0.05, 0.1) is 0 Å². The van der Waals surface area contributed by atoms with Gasteiger partial charge in [0.25, 0.3) is 0 Å². The van der Waals surface area contributed by atoms with E-state index >= 15 is 0 Å². The number of hydrogen-bond donors (Lipinski definition) is 0. The molecule has 1 heteroatoms. The average molecular weight is 517 g/mol. The van der Waals surface area contributed by atoms with Gasteiger partial charge in [-0.05, 0) is 0 Å². The molecule has 37 heavy (non-hydrogen) atoms. The molecule has 0 fully saturated rings. The molecule has 0 saturated carbocycles. The Morgan fingerprint density at radius 2 is 0.459 bits per heavy atom. The second-order valence-electron chi connectivity index (χ2n) is 7.78. The summed E-state index contributed by atoms with van der Waals surface area (Å²) in [5, 5.41) is 0. The molecule has 0 heterocycles. The van der Waals surface area contributed by atoms with Crippen LogP contribution in [-0.4, -0.2) is 0 Å². The van der Waals surface area contributed by atoms with Gasteiger partial charge in [0, 0.05) is 0 Å².